The third-order valence-electron chi connectivity index (χ3n) is 2.83. The van der Waals surface area contributed by atoms with Gasteiger partial charge >= 0.3 is 0 Å². The van der Waals surface area contributed by atoms with E-state index in [-0.39, 0.29) is 36.6 Å². The summed E-state index contributed by atoms with van der Waals surface area (Å²) in [5.41, 5.74) is 0. The second kappa shape index (κ2) is 7.62. The van der Waals surface area contributed by atoms with Crippen LogP contribution >= 0.6 is 0 Å². The molecular formula is C13H20F2N4O. The second-order valence-electron chi connectivity index (χ2n) is 4.45. The Hall–Kier alpha value is -1.92. The zero-order valence-corrected chi connectivity index (χ0v) is 11.9. The van der Waals surface area contributed by atoms with Gasteiger partial charge in [0.25, 0.3) is 0 Å². The molecular weight excluding hydrogens is 266 g/mol. The zero-order valence-electron chi connectivity index (χ0n) is 11.9. The first-order valence-electron chi connectivity index (χ1n) is 6.55. The highest BCUT2D eigenvalue weighted by Crippen LogP contribution is 2.18. The summed E-state index contributed by atoms with van der Waals surface area (Å²) in [4.78, 5) is 15.3. The van der Waals surface area contributed by atoms with Gasteiger partial charge in [0.2, 0.25) is 5.91 Å². The van der Waals surface area contributed by atoms with Crippen LogP contribution in [0.2, 0.25) is 0 Å². The first kappa shape index (κ1) is 16.1. The molecule has 0 aliphatic carbocycles. The monoisotopic (exact) mass is 286 g/mol. The topological polar surface area (TPSA) is 66.0 Å². The van der Waals surface area contributed by atoms with Gasteiger partial charge in [0.05, 0.1) is 0 Å². The van der Waals surface area contributed by atoms with E-state index in [2.05, 4.69) is 20.9 Å². The minimum Gasteiger partial charge on any atom is -0.371 e. The first-order chi connectivity index (χ1) is 9.47. The number of aromatic nitrogens is 1. The quantitative estimate of drug-likeness (QED) is 0.718. The van der Waals surface area contributed by atoms with Crippen LogP contribution in [0.1, 0.15) is 26.7 Å². The lowest BCUT2D eigenvalue weighted by molar-refractivity contribution is -0.121. The second-order valence-corrected chi connectivity index (χ2v) is 4.45. The Morgan fingerprint density at radius 2 is 2.00 bits per heavy atom. The summed E-state index contributed by atoms with van der Waals surface area (Å²) in [5.74, 6) is -1.79. The van der Waals surface area contributed by atoms with E-state index in [1.807, 2.05) is 13.8 Å². The minimum absolute atomic E-state index is 0.0436. The molecule has 20 heavy (non-hydrogen) atoms. The maximum absolute atomic E-state index is 13.5. The summed E-state index contributed by atoms with van der Waals surface area (Å²) >= 11 is 0. The molecule has 0 bridgehead atoms. The smallest absolute Gasteiger partial charge is 0.221 e. The average molecular weight is 286 g/mol. The summed E-state index contributed by atoms with van der Waals surface area (Å²) in [6.07, 6.45) is 1.04. The molecule has 3 N–H and O–H groups in total. The Balaban J connectivity index is 2.52. The van der Waals surface area contributed by atoms with E-state index in [0.717, 1.165) is 12.5 Å². The fourth-order valence-electron chi connectivity index (χ4n) is 1.51. The van der Waals surface area contributed by atoms with Crippen LogP contribution in [0.4, 0.5) is 20.4 Å². The SMILES string of the molecule is CCC(C)NC(=O)CCNc1nc(NC)c(F)cc1F. The molecule has 112 valence electrons. The third kappa shape index (κ3) is 4.64. The van der Waals surface area contributed by atoms with Crippen molar-refractivity contribution < 1.29 is 13.6 Å². The van der Waals surface area contributed by atoms with Crippen LogP contribution in [-0.4, -0.2) is 30.5 Å². The van der Waals surface area contributed by atoms with Crippen molar-refractivity contribution in [2.75, 3.05) is 24.2 Å². The van der Waals surface area contributed by atoms with Gasteiger partial charge in [-0.2, -0.15) is 0 Å². The van der Waals surface area contributed by atoms with Gasteiger partial charge in [0.1, 0.15) is 0 Å². The molecule has 1 unspecified atom stereocenters. The number of carbonyl (C=O) groups excluding carboxylic acids is 1. The normalized spacial score (nSPS) is 11.8. The fourth-order valence-corrected chi connectivity index (χ4v) is 1.51. The Morgan fingerprint density at radius 3 is 2.60 bits per heavy atom. The van der Waals surface area contributed by atoms with E-state index in [4.69, 9.17) is 0 Å². The Bertz CT molecular complexity index is 468. The van der Waals surface area contributed by atoms with E-state index in [1.54, 1.807) is 0 Å². The predicted molar refractivity (Wildman–Crippen MR) is 74.7 cm³/mol. The molecule has 0 aliphatic heterocycles. The molecule has 0 saturated heterocycles. The van der Waals surface area contributed by atoms with Crippen molar-refractivity contribution in [3.63, 3.8) is 0 Å². The van der Waals surface area contributed by atoms with Crippen molar-refractivity contribution in [3.8, 4) is 0 Å². The van der Waals surface area contributed by atoms with Crippen molar-refractivity contribution in [2.45, 2.75) is 32.7 Å². The van der Waals surface area contributed by atoms with E-state index >= 15 is 0 Å². The molecule has 1 aromatic rings. The molecule has 0 spiro atoms. The number of amides is 1. The minimum atomic E-state index is -0.788. The number of anilines is 2. The summed E-state index contributed by atoms with van der Waals surface area (Å²) < 4.78 is 26.7. The molecule has 0 aromatic carbocycles. The van der Waals surface area contributed by atoms with Gasteiger partial charge in [-0.15, -0.1) is 0 Å². The van der Waals surface area contributed by atoms with E-state index in [1.165, 1.54) is 7.05 Å². The van der Waals surface area contributed by atoms with Crippen molar-refractivity contribution in [1.82, 2.24) is 10.3 Å². The number of pyridine rings is 1. The van der Waals surface area contributed by atoms with Crippen molar-refractivity contribution >= 4 is 17.5 Å². The molecule has 1 rings (SSSR count). The number of hydrogen-bond donors (Lipinski definition) is 3. The van der Waals surface area contributed by atoms with Crippen LogP contribution in [0.5, 0.6) is 0 Å². The molecule has 1 heterocycles. The predicted octanol–water partition coefficient (Wildman–Crippen LogP) is 2.12. The fraction of sp³-hybridized carbons (Fsp3) is 0.538. The van der Waals surface area contributed by atoms with Crippen LogP contribution in [0.3, 0.4) is 0 Å². The first-order valence-corrected chi connectivity index (χ1v) is 6.55. The molecule has 7 heteroatoms. The average Bonchev–Trinajstić information content (AvgIpc) is 2.41. The standard InChI is InChI=1S/C13H20F2N4O/c1-4-8(2)18-11(20)5-6-17-13-10(15)7-9(14)12(16-3)19-13/h7-8H,4-6H2,1-3H3,(H,18,20)(H2,16,17,19). The lowest BCUT2D eigenvalue weighted by atomic mass is 10.2. The molecule has 0 radical (unpaired) electrons. The highest BCUT2D eigenvalue weighted by atomic mass is 19.1. The van der Waals surface area contributed by atoms with Crippen molar-refractivity contribution in [2.24, 2.45) is 0 Å². The van der Waals surface area contributed by atoms with Gasteiger partial charge in [-0.3, -0.25) is 4.79 Å². The highest BCUT2D eigenvalue weighted by Gasteiger charge is 2.11. The van der Waals surface area contributed by atoms with Crippen LogP contribution in [0, 0.1) is 11.6 Å². The molecule has 0 saturated carbocycles. The number of nitrogens with one attached hydrogen (secondary N) is 3. The van der Waals surface area contributed by atoms with Crippen LogP contribution in [0.15, 0.2) is 6.07 Å². The van der Waals surface area contributed by atoms with Gasteiger partial charge in [0, 0.05) is 32.1 Å². The van der Waals surface area contributed by atoms with Gasteiger partial charge in [-0.25, -0.2) is 13.8 Å². The largest absolute Gasteiger partial charge is 0.371 e. The Morgan fingerprint density at radius 1 is 1.35 bits per heavy atom. The molecule has 5 nitrogen and oxygen atoms in total. The zero-order chi connectivity index (χ0) is 15.1. The third-order valence-corrected chi connectivity index (χ3v) is 2.83. The summed E-state index contributed by atoms with van der Waals surface area (Å²) in [6, 6.07) is 0.861. The number of carbonyl (C=O) groups is 1. The highest BCUT2D eigenvalue weighted by molar-refractivity contribution is 5.76. The molecule has 1 atom stereocenters. The Labute approximate surface area is 117 Å². The summed E-state index contributed by atoms with van der Waals surface area (Å²) in [7, 11) is 1.49. The van der Waals surface area contributed by atoms with Gasteiger partial charge in [-0.05, 0) is 13.3 Å². The molecule has 1 aromatic heterocycles. The number of halogens is 2. The van der Waals surface area contributed by atoms with E-state index < -0.39 is 11.6 Å². The maximum atomic E-state index is 13.5. The molecule has 0 fully saturated rings. The van der Waals surface area contributed by atoms with Crippen molar-refractivity contribution in [1.29, 1.82) is 0 Å². The lowest BCUT2D eigenvalue weighted by Gasteiger charge is -2.12. The molecule has 0 aliphatic rings. The van der Waals surface area contributed by atoms with Crippen LogP contribution in [0.25, 0.3) is 0 Å². The van der Waals surface area contributed by atoms with E-state index in [0.29, 0.717) is 0 Å². The van der Waals surface area contributed by atoms with E-state index in [9.17, 15) is 13.6 Å². The van der Waals surface area contributed by atoms with Gasteiger partial charge < -0.3 is 16.0 Å². The van der Waals surface area contributed by atoms with Gasteiger partial charge in [-0.1, -0.05) is 6.92 Å². The maximum Gasteiger partial charge on any atom is 0.221 e. The van der Waals surface area contributed by atoms with Crippen LogP contribution in [-0.2, 0) is 4.79 Å². The van der Waals surface area contributed by atoms with Crippen LogP contribution < -0.4 is 16.0 Å². The Kier molecular flexibility index (Phi) is 6.14. The number of nitrogens with zero attached hydrogens (tertiary/aromatic N) is 1. The number of rotatable bonds is 7. The van der Waals surface area contributed by atoms with Crippen molar-refractivity contribution in [3.05, 3.63) is 17.7 Å². The summed E-state index contributed by atoms with van der Waals surface area (Å²) in [6.45, 7) is 4.10. The van der Waals surface area contributed by atoms with Gasteiger partial charge in [0.15, 0.2) is 23.3 Å². The lowest BCUT2D eigenvalue weighted by Crippen LogP contribution is -2.33. The summed E-state index contributed by atoms with van der Waals surface area (Å²) in [5, 5.41) is 8.00. The number of hydrogen-bond acceptors (Lipinski definition) is 4. The molecule has 1 amide bonds.